The summed E-state index contributed by atoms with van der Waals surface area (Å²) in [4.78, 5) is 10.5. The van der Waals surface area contributed by atoms with Gasteiger partial charge in [0.15, 0.2) is 0 Å². The summed E-state index contributed by atoms with van der Waals surface area (Å²) in [5.41, 5.74) is 10.9. The van der Waals surface area contributed by atoms with E-state index < -0.39 is 0 Å². The van der Waals surface area contributed by atoms with Gasteiger partial charge in [-0.05, 0) is 74.5 Å². The first-order chi connectivity index (χ1) is 24.3. The summed E-state index contributed by atoms with van der Waals surface area (Å²) in [5.74, 6) is 0. The normalized spacial score (nSPS) is 11.7. The van der Waals surface area contributed by atoms with Crippen LogP contribution in [0.5, 0.6) is 0 Å². The van der Waals surface area contributed by atoms with E-state index in [2.05, 4.69) is 164 Å². The van der Waals surface area contributed by atoms with Crippen LogP contribution in [0.4, 0.5) is 0 Å². The quantitative estimate of drug-likeness (QED) is 0.179. The van der Waals surface area contributed by atoms with Crippen molar-refractivity contribution < 1.29 is 0 Å². The molecule has 3 heteroatoms. The van der Waals surface area contributed by atoms with Crippen molar-refractivity contribution in [2.45, 2.75) is 0 Å². The molecule has 8 aromatic carbocycles. The van der Waals surface area contributed by atoms with E-state index in [0.29, 0.717) is 0 Å². The Morgan fingerprint density at radius 3 is 1.49 bits per heavy atom. The zero-order chi connectivity index (χ0) is 32.3. The highest BCUT2D eigenvalue weighted by molar-refractivity contribution is 7.25. The lowest BCUT2D eigenvalue weighted by molar-refractivity contribution is 1.31. The third-order valence-electron chi connectivity index (χ3n) is 9.72. The minimum atomic E-state index is 0.864. The number of aromatic nitrogens is 2. The maximum atomic E-state index is 5.37. The summed E-state index contributed by atoms with van der Waals surface area (Å²) in [6.45, 7) is 0. The van der Waals surface area contributed by atoms with Crippen molar-refractivity contribution in [1.82, 2.24) is 9.97 Å². The molecule has 0 unspecified atom stereocenters. The summed E-state index contributed by atoms with van der Waals surface area (Å²) < 4.78 is 2.64. The van der Waals surface area contributed by atoms with Gasteiger partial charge in [-0.1, -0.05) is 133 Å². The summed E-state index contributed by atoms with van der Waals surface area (Å²) in [7, 11) is 0. The molecule has 0 amide bonds. The monoisotopic (exact) mass is 640 g/mol. The van der Waals surface area contributed by atoms with Crippen LogP contribution in [-0.4, -0.2) is 9.97 Å². The zero-order valence-electron chi connectivity index (χ0n) is 26.5. The van der Waals surface area contributed by atoms with Crippen LogP contribution in [0.15, 0.2) is 170 Å². The largest absolute Gasteiger partial charge is 0.252 e. The topological polar surface area (TPSA) is 25.8 Å². The molecule has 0 bridgehead atoms. The predicted molar refractivity (Wildman–Crippen MR) is 209 cm³/mol. The van der Waals surface area contributed by atoms with Crippen LogP contribution in [0.25, 0.3) is 97.4 Å². The molecule has 10 rings (SSSR count). The first kappa shape index (κ1) is 27.9. The van der Waals surface area contributed by atoms with Gasteiger partial charge in [0.2, 0.25) is 0 Å². The molecule has 49 heavy (non-hydrogen) atoms. The van der Waals surface area contributed by atoms with Crippen molar-refractivity contribution in [2.75, 3.05) is 0 Å². The van der Waals surface area contributed by atoms with Crippen LogP contribution in [0.2, 0.25) is 0 Å². The van der Waals surface area contributed by atoms with Gasteiger partial charge in [-0.3, -0.25) is 4.98 Å². The fraction of sp³-hybridized carbons (Fsp3) is 0. The van der Waals surface area contributed by atoms with Crippen molar-refractivity contribution in [3.63, 3.8) is 0 Å². The molecule has 0 atom stereocenters. The molecule has 0 aliphatic rings. The number of hydrogen-bond acceptors (Lipinski definition) is 3. The highest BCUT2D eigenvalue weighted by Gasteiger charge is 2.15. The molecule has 228 valence electrons. The molecular weight excluding hydrogens is 613 g/mol. The van der Waals surface area contributed by atoms with Gasteiger partial charge in [0.1, 0.15) is 0 Å². The van der Waals surface area contributed by atoms with Crippen molar-refractivity contribution in [3.8, 4) is 44.6 Å². The van der Waals surface area contributed by atoms with Gasteiger partial charge in [0.25, 0.3) is 0 Å². The van der Waals surface area contributed by atoms with Crippen LogP contribution >= 0.6 is 11.3 Å². The minimum absolute atomic E-state index is 0.864. The van der Waals surface area contributed by atoms with Crippen LogP contribution in [0.1, 0.15) is 0 Å². The molecule has 0 radical (unpaired) electrons. The van der Waals surface area contributed by atoms with Gasteiger partial charge in [0, 0.05) is 36.5 Å². The number of hydrogen-bond donors (Lipinski definition) is 0. The molecular formula is C46H28N2S. The Kier molecular flexibility index (Phi) is 6.39. The second-order valence-corrected chi connectivity index (χ2v) is 13.7. The Hall–Kier alpha value is -6.16. The van der Waals surface area contributed by atoms with Crippen LogP contribution < -0.4 is 0 Å². The van der Waals surface area contributed by atoms with Crippen molar-refractivity contribution >= 4 is 64.1 Å². The molecule has 0 N–H and O–H groups in total. The highest BCUT2D eigenvalue weighted by atomic mass is 32.1. The molecule has 0 aliphatic heterocycles. The predicted octanol–water partition coefficient (Wildman–Crippen LogP) is 13.0. The minimum Gasteiger partial charge on any atom is -0.252 e. The standard InChI is InChI=1S/C46H28N2S/c1-3-9-29(10-4-1)33-19-22-36-37-23-20-34(30-11-5-2-6-12-30)27-41(37)46-45(40(36)26-33)47-28-42(48-46)32-17-15-31(16-18-32)35-21-24-44-39(25-35)38-13-7-8-14-43(38)49-44/h1-28H. The number of rotatable bonds is 4. The maximum Gasteiger partial charge on any atom is 0.0979 e. The van der Waals surface area contributed by atoms with E-state index in [-0.39, 0.29) is 0 Å². The van der Waals surface area contributed by atoms with E-state index in [1.165, 1.54) is 64.3 Å². The first-order valence-electron chi connectivity index (χ1n) is 16.6. The average Bonchev–Trinajstić information content (AvgIpc) is 3.56. The Morgan fingerprint density at radius 1 is 0.327 bits per heavy atom. The zero-order valence-corrected chi connectivity index (χ0v) is 27.3. The lowest BCUT2D eigenvalue weighted by Crippen LogP contribution is -1.93. The molecule has 10 aromatic rings. The third-order valence-corrected chi connectivity index (χ3v) is 10.9. The van der Waals surface area contributed by atoms with E-state index in [1.807, 2.05) is 17.5 Å². The van der Waals surface area contributed by atoms with Crippen LogP contribution in [0.3, 0.4) is 0 Å². The number of benzene rings is 8. The molecule has 0 saturated carbocycles. The molecule has 2 aromatic heterocycles. The SMILES string of the molecule is c1ccc(-c2ccc3c4ccc(-c5ccccc5)cc4c4nc(-c5ccc(-c6ccc7sc8ccccc8c7c6)cc5)cnc4c3c2)cc1. The van der Waals surface area contributed by atoms with Crippen molar-refractivity contribution in [1.29, 1.82) is 0 Å². The number of nitrogens with zero attached hydrogens (tertiary/aromatic N) is 2. The van der Waals surface area contributed by atoms with E-state index in [4.69, 9.17) is 9.97 Å². The van der Waals surface area contributed by atoms with Crippen molar-refractivity contribution in [3.05, 3.63) is 170 Å². The van der Waals surface area contributed by atoms with Gasteiger partial charge >= 0.3 is 0 Å². The molecule has 0 fully saturated rings. The molecule has 2 heterocycles. The van der Waals surface area contributed by atoms with E-state index in [1.54, 1.807) is 0 Å². The van der Waals surface area contributed by atoms with Crippen LogP contribution in [-0.2, 0) is 0 Å². The van der Waals surface area contributed by atoms with Crippen LogP contribution in [0, 0.1) is 0 Å². The Morgan fingerprint density at radius 2 is 0.816 bits per heavy atom. The Balaban J connectivity index is 1.13. The average molecular weight is 641 g/mol. The molecule has 0 saturated heterocycles. The second-order valence-electron chi connectivity index (χ2n) is 12.6. The van der Waals surface area contributed by atoms with Crippen molar-refractivity contribution in [2.24, 2.45) is 0 Å². The van der Waals surface area contributed by atoms with E-state index in [0.717, 1.165) is 33.1 Å². The van der Waals surface area contributed by atoms with Gasteiger partial charge in [-0.2, -0.15) is 0 Å². The van der Waals surface area contributed by atoms with Gasteiger partial charge in [-0.25, -0.2) is 4.98 Å². The lowest BCUT2D eigenvalue weighted by atomic mass is 9.93. The van der Waals surface area contributed by atoms with Gasteiger partial charge in [0.05, 0.1) is 22.9 Å². The highest BCUT2D eigenvalue weighted by Crippen LogP contribution is 2.39. The first-order valence-corrected chi connectivity index (χ1v) is 17.4. The second kappa shape index (κ2) is 11.2. The van der Waals surface area contributed by atoms with Gasteiger partial charge in [-0.15, -0.1) is 11.3 Å². The maximum absolute atomic E-state index is 5.37. The Labute approximate surface area is 287 Å². The fourth-order valence-electron chi connectivity index (χ4n) is 7.22. The smallest absolute Gasteiger partial charge is 0.0979 e. The number of fused-ring (bicyclic) bond motifs is 9. The van der Waals surface area contributed by atoms with E-state index >= 15 is 0 Å². The van der Waals surface area contributed by atoms with Gasteiger partial charge < -0.3 is 0 Å². The summed E-state index contributed by atoms with van der Waals surface area (Å²) in [6, 6.07) is 58.8. The molecule has 0 aliphatic carbocycles. The third kappa shape index (κ3) is 4.70. The number of thiophene rings is 1. The summed E-state index contributed by atoms with van der Waals surface area (Å²) in [5, 5.41) is 7.22. The molecule has 2 nitrogen and oxygen atoms in total. The lowest BCUT2D eigenvalue weighted by Gasteiger charge is -2.13. The fourth-order valence-corrected chi connectivity index (χ4v) is 8.31. The summed E-state index contributed by atoms with van der Waals surface area (Å²) >= 11 is 1.85. The summed E-state index contributed by atoms with van der Waals surface area (Å²) in [6.07, 6.45) is 1.93. The molecule has 0 spiro atoms. The van der Waals surface area contributed by atoms with E-state index in [9.17, 15) is 0 Å². The Bertz CT molecular complexity index is 2850.